The lowest BCUT2D eigenvalue weighted by Crippen LogP contribution is -2.45. The first-order valence-corrected chi connectivity index (χ1v) is 7.73. The molecule has 1 atom stereocenters. The van der Waals surface area contributed by atoms with E-state index in [1.54, 1.807) is 38.1 Å². The third kappa shape index (κ3) is 6.22. The van der Waals surface area contributed by atoms with E-state index in [9.17, 15) is 14.4 Å². The van der Waals surface area contributed by atoms with Gasteiger partial charge in [-0.05, 0) is 11.3 Å². The highest BCUT2D eigenvalue weighted by Gasteiger charge is 2.29. The molecule has 5 nitrogen and oxygen atoms in total. The maximum atomic E-state index is 12.3. The van der Waals surface area contributed by atoms with Gasteiger partial charge in [-0.15, -0.1) is 0 Å². The third-order valence-corrected chi connectivity index (χ3v) is 3.62. The van der Waals surface area contributed by atoms with Crippen LogP contribution in [0, 0.1) is 11.3 Å². The number of Topliss-reactive ketones (excluding diaryl/α,β-unsaturated/α-hetero) is 1. The summed E-state index contributed by atoms with van der Waals surface area (Å²) in [5.74, 6) is -1.63. The average Bonchev–Trinajstić information content (AvgIpc) is 2.44. The van der Waals surface area contributed by atoms with Crippen LogP contribution in [-0.4, -0.2) is 28.8 Å². The second-order valence-corrected chi connectivity index (χ2v) is 6.93. The van der Waals surface area contributed by atoms with Crippen molar-refractivity contribution in [3.8, 4) is 0 Å². The zero-order valence-corrected chi connectivity index (χ0v) is 14.1. The van der Waals surface area contributed by atoms with Gasteiger partial charge in [-0.1, -0.05) is 58.0 Å². The van der Waals surface area contributed by atoms with Gasteiger partial charge in [0.05, 0.1) is 0 Å². The second-order valence-electron chi connectivity index (χ2n) is 6.93. The number of hydrogen-bond acceptors (Lipinski definition) is 3. The molecule has 0 saturated carbocycles. The molecule has 5 heteroatoms. The highest BCUT2D eigenvalue weighted by atomic mass is 16.4. The van der Waals surface area contributed by atoms with Gasteiger partial charge in [-0.3, -0.25) is 9.59 Å². The average molecular weight is 319 g/mol. The van der Waals surface area contributed by atoms with Crippen molar-refractivity contribution < 1.29 is 19.5 Å². The molecule has 1 aromatic rings. The molecule has 0 radical (unpaired) electrons. The number of rotatable bonds is 8. The molecule has 0 aromatic heterocycles. The predicted octanol–water partition coefficient (Wildman–Crippen LogP) is 2.90. The molecule has 0 aliphatic heterocycles. The quantitative estimate of drug-likeness (QED) is 0.722. The second kappa shape index (κ2) is 7.90. The molecule has 0 spiro atoms. The summed E-state index contributed by atoms with van der Waals surface area (Å²) in [6, 6.07) is 8.02. The number of carbonyl (C=O) groups is 3. The Hall–Kier alpha value is -2.17. The molecule has 2 N–H and O–H groups in total. The van der Waals surface area contributed by atoms with E-state index < -0.39 is 17.4 Å². The summed E-state index contributed by atoms with van der Waals surface area (Å²) in [6.07, 6.45) is 0.325. The molecule has 0 saturated heterocycles. The molecule has 1 aromatic carbocycles. The van der Waals surface area contributed by atoms with Gasteiger partial charge in [0, 0.05) is 18.4 Å². The van der Waals surface area contributed by atoms with Gasteiger partial charge < -0.3 is 10.4 Å². The van der Waals surface area contributed by atoms with Crippen LogP contribution < -0.4 is 5.32 Å². The maximum absolute atomic E-state index is 12.3. The van der Waals surface area contributed by atoms with Gasteiger partial charge in [0.1, 0.15) is 6.04 Å². The predicted molar refractivity (Wildman–Crippen MR) is 88.2 cm³/mol. The van der Waals surface area contributed by atoms with E-state index in [4.69, 9.17) is 5.11 Å². The van der Waals surface area contributed by atoms with Crippen LogP contribution in [0.2, 0.25) is 0 Å². The number of ketones is 1. The molecular formula is C18H25NO4. The normalized spacial score (nSPS) is 12.7. The molecule has 1 rings (SSSR count). The molecule has 0 aliphatic carbocycles. The SMILES string of the molecule is CC(C)[C@@H](NC(=O)CC(C)(C)CC(=O)c1ccccc1)C(=O)O. The lowest BCUT2D eigenvalue weighted by Gasteiger charge is -2.25. The van der Waals surface area contributed by atoms with Gasteiger partial charge in [0.25, 0.3) is 0 Å². The molecule has 0 heterocycles. The first-order valence-electron chi connectivity index (χ1n) is 7.73. The monoisotopic (exact) mass is 319 g/mol. The molecule has 0 fully saturated rings. The third-order valence-electron chi connectivity index (χ3n) is 3.62. The van der Waals surface area contributed by atoms with Crippen molar-refractivity contribution in [3.63, 3.8) is 0 Å². The van der Waals surface area contributed by atoms with Crippen molar-refractivity contribution in [1.29, 1.82) is 0 Å². The zero-order valence-electron chi connectivity index (χ0n) is 14.1. The summed E-state index contributed by atoms with van der Waals surface area (Å²) in [6.45, 7) is 7.14. The fraction of sp³-hybridized carbons (Fsp3) is 0.500. The van der Waals surface area contributed by atoms with Gasteiger partial charge in [-0.25, -0.2) is 4.79 Å². The Morgan fingerprint density at radius 2 is 1.65 bits per heavy atom. The van der Waals surface area contributed by atoms with Crippen molar-refractivity contribution in [3.05, 3.63) is 35.9 Å². The Balaban J connectivity index is 2.65. The summed E-state index contributed by atoms with van der Waals surface area (Å²) < 4.78 is 0. The number of amides is 1. The standard InChI is InChI=1S/C18H25NO4/c1-12(2)16(17(22)23)19-15(21)11-18(3,4)10-14(20)13-8-6-5-7-9-13/h5-9,12,16H,10-11H2,1-4H3,(H,19,21)(H,22,23)/t16-/m1/s1. The molecule has 0 aliphatic rings. The van der Waals surface area contributed by atoms with Crippen LogP contribution in [-0.2, 0) is 9.59 Å². The number of hydrogen-bond donors (Lipinski definition) is 2. The molecule has 0 bridgehead atoms. The fourth-order valence-corrected chi connectivity index (χ4v) is 2.40. The van der Waals surface area contributed by atoms with Crippen LogP contribution in [0.25, 0.3) is 0 Å². The molecule has 0 unspecified atom stereocenters. The highest BCUT2D eigenvalue weighted by Crippen LogP contribution is 2.27. The van der Waals surface area contributed by atoms with Crippen LogP contribution in [0.5, 0.6) is 0 Å². The number of aliphatic carboxylic acids is 1. The lowest BCUT2D eigenvalue weighted by atomic mass is 9.82. The van der Waals surface area contributed by atoms with Crippen LogP contribution in [0.1, 0.15) is 50.9 Å². The van der Waals surface area contributed by atoms with Gasteiger partial charge in [0.15, 0.2) is 5.78 Å². The number of carboxylic acids is 1. The Morgan fingerprint density at radius 3 is 2.13 bits per heavy atom. The van der Waals surface area contributed by atoms with E-state index in [-0.39, 0.29) is 30.4 Å². The fourth-order valence-electron chi connectivity index (χ4n) is 2.40. The van der Waals surface area contributed by atoms with E-state index in [2.05, 4.69) is 5.32 Å². The minimum absolute atomic E-state index is 0.0259. The van der Waals surface area contributed by atoms with E-state index in [0.29, 0.717) is 5.56 Å². The molecule has 1 amide bonds. The minimum Gasteiger partial charge on any atom is -0.480 e. The largest absolute Gasteiger partial charge is 0.480 e. The number of nitrogens with one attached hydrogen (secondary N) is 1. The van der Waals surface area contributed by atoms with Crippen molar-refractivity contribution in [2.75, 3.05) is 0 Å². The van der Waals surface area contributed by atoms with Crippen molar-refractivity contribution in [1.82, 2.24) is 5.32 Å². The highest BCUT2D eigenvalue weighted by molar-refractivity contribution is 5.96. The first kappa shape index (κ1) is 18.9. The van der Waals surface area contributed by atoms with E-state index in [1.165, 1.54) is 0 Å². The number of benzene rings is 1. The van der Waals surface area contributed by atoms with Gasteiger partial charge >= 0.3 is 5.97 Å². The Morgan fingerprint density at radius 1 is 1.09 bits per heavy atom. The van der Waals surface area contributed by atoms with Gasteiger partial charge in [-0.2, -0.15) is 0 Å². The summed E-state index contributed by atoms with van der Waals surface area (Å²) in [5, 5.41) is 11.7. The van der Waals surface area contributed by atoms with E-state index in [0.717, 1.165) is 0 Å². The number of carboxylic acid groups (broad SMARTS) is 1. The van der Waals surface area contributed by atoms with Gasteiger partial charge in [0.2, 0.25) is 5.91 Å². The van der Waals surface area contributed by atoms with Crippen LogP contribution >= 0.6 is 0 Å². The molecule has 23 heavy (non-hydrogen) atoms. The van der Waals surface area contributed by atoms with Crippen molar-refractivity contribution in [2.24, 2.45) is 11.3 Å². The van der Waals surface area contributed by atoms with Crippen molar-refractivity contribution in [2.45, 2.75) is 46.6 Å². The molecular weight excluding hydrogens is 294 g/mol. The van der Waals surface area contributed by atoms with Crippen LogP contribution in [0.3, 0.4) is 0 Å². The Labute approximate surface area is 137 Å². The Kier molecular flexibility index (Phi) is 6.49. The lowest BCUT2D eigenvalue weighted by molar-refractivity contribution is -0.143. The minimum atomic E-state index is -1.05. The van der Waals surface area contributed by atoms with E-state index in [1.807, 2.05) is 19.9 Å². The summed E-state index contributed by atoms with van der Waals surface area (Å²) >= 11 is 0. The molecule has 126 valence electrons. The smallest absolute Gasteiger partial charge is 0.326 e. The summed E-state index contributed by atoms with van der Waals surface area (Å²) in [7, 11) is 0. The first-order chi connectivity index (χ1) is 10.6. The summed E-state index contributed by atoms with van der Waals surface area (Å²) in [5.41, 5.74) is 0.0726. The summed E-state index contributed by atoms with van der Waals surface area (Å²) in [4.78, 5) is 35.5. The van der Waals surface area contributed by atoms with Crippen molar-refractivity contribution >= 4 is 17.7 Å². The topological polar surface area (TPSA) is 83.5 Å². The van der Waals surface area contributed by atoms with Crippen LogP contribution in [0.15, 0.2) is 30.3 Å². The van der Waals surface area contributed by atoms with E-state index >= 15 is 0 Å². The Bertz CT molecular complexity index is 564. The van der Waals surface area contributed by atoms with Crippen LogP contribution in [0.4, 0.5) is 0 Å². The zero-order chi connectivity index (χ0) is 17.6. The number of carbonyl (C=O) groups excluding carboxylic acids is 2. The maximum Gasteiger partial charge on any atom is 0.326 e.